The molecule has 2 amide bonds. The van der Waals surface area contributed by atoms with Crippen LogP contribution in [0.4, 0.5) is 10.5 Å². The van der Waals surface area contributed by atoms with Gasteiger partial charge in [-0.15, -0.1) is 0 Å². The van der Waals surface area contributed by atoms with Crippen molar-refractivity contribution in [2.24, 2.45) is 0 Å². The minimum absolute atomic E-state index is 0.526. The zero-order chi connectivity index (χ0) is 13.7. The van der Waals surface area contributed by atoms with Crippen LogP contribution in [0.2, 0.25) is 0 Å². The average molecular weight is 315 g/mol. The first-order valence-electron chi connectivity index (χ1n) is 5.52. The van der Waals surface area contributed by atoms with Gasteiger partial charge in [0.25, 0.3) is 0 Å². The van der Waals surface area contributed by atoms with E-state index in [-0.39, 0.29) is 0 Å². The van der Waals surface area contributed by atoms with E-state index in [9.17, 15) is 9.59 Å². The van der Waals surface area contributed by atoms with Gasteiger partial charge in [-0.2, -0.15) is 0 Å². The molecular weight excluding hydrogens is 300 g/mol. The predicted molar refractivity (Wildman–Crippen MR) is 72.8 cm³/mol. The molecule has 3 N–H and O–H groups in total. The Bertz CT molecular complexity index is 463. The van der Waals surface area contributed by atoms with Gasteiger partial charge in [-0.1, -0.05) is 22.9 Å². The molecule has 18 heavy (non-hydrogen) atoms. The first-order valence-corrected chi connectivity index (χ1v) is 6.32. The van der Waals surface area contributed by atoms with Crippen molar-refractivity contribution in [1.82, 2.24) is 5.32 Å². The van der Waals surface area contributed by atoms with Gasteiger partial charge in [0.05, 0.1) is 0 Å². The summed E-state index contributed by atoms with van der Waals surface area (Å²) in [5.41, 5.74) is 1.65. The fourth-order valence-electron chi connectivity index (χ4n) is 1.39. The zero-order valence-corrected chi connectivity index (χ0v) is 11.7. The van der Waals surface area contributed by atoms with E-state index in [1.165, 1.54) is 6.92 Å². The van der Waals surface area contributed by atoms with Crippen LogP contribution in [-0.4, -0.2) is 23.1 Å². The van der Waals surface area contributed by atoms with Crippen LogP contribution in [0.1, 0.15) is 19.4 Å². The Morgan fingerprint density at radius 2 is 2.11 bits per heavy atom. The summed E-state index contributed by atoms with van der Waals surface area (Å²) in [5.74, 6) is -1.07. The van der Waals surface area contributed by atoms with E-state index in [4.69, 9.17) is 5.11 Å². The van der Waals surface area contributed by atoms with E-state index >= 15 is 0 Å². The van der Waals surface area contributed by atoms with Crippen LogP contribution in [-0.2, 0) is 11.2 Å². The number of carboxylic acids is 1. The third-order valence-electron chi connectivity index (χ3n) is 2.41. The Labute approximate surface area is 114 Å². The van der Waals surface area contributed by atoms with Gasteiger partial charge >= 0.3 is 12.0 Å². The summed E-state index contributed by atoms with van der Waals surface area (Å²) >= 11 is 3.36. The van der Waals surface area contributed by atoms with Crippen LogP contribution in [0.25, 0.3) is 0 Å². The van der Waals surface area contributed by atoms with Gasteiger partial charge in [-0.05, 0) is 37.1 Å². The minimum Gasteiger partial charge on any atom is -0.480 e. The summed E-state index contributed by atoms with van der Waals surface area (Å²) in [6.45, 7) is 3.38. The summed E-state index contributed by atoms with van der Waals surface area (Å²) in [5, 5.41) is 13.7. The largest absolute Gasteiger partial charge is 0.480 e. The molecule has 6 heteroatoms. The first-order chi connectivity index (χ1) is 8.43. The number of halogens is 1. The quantitative estimate of drug-likeness (QED) is 0.799. The number of nitrogens with one attached hydrogen (secondary N) is 2. The molecule has 0 bridgehead atoms. The molecule has 5 nitrogen and oxygen atoms in total. The van der Waals surface area contributed by atoms with Gasteiger partial charge in [0.15, 0.2) is 0 Å². The van der Waals surface area contributed by atoms with E-state index in [0.29, 0.717) is 5.69 Å². The Balaban J connectivity index is 2.73. The number of benzene rings is 1. The second-order valence-corrected chi connectivity index (χ2v) is 4.73. The number of carboxylic acid groups (broad SMARTS) is 1. The molecule has 0 saturated carbocycles. The normalized spacial score (nSPS) is 11.7. The number of hydrogen-bond acceptors (Lipinski definition) is 2. The Morgan fingerprint density at radius 1 is 1.44 bits per heavy atom. The number of carbonyl (C=O) groups excluding carboxylic acids is 1. The second kappa shape index (κ2) is 6.39. The molecule has 1 aromatic rings. The van der Waals surface area contributed by atoms with Crippen LogP contribution in [0.3, 0.4) is 0 Å². The zero-order valence-electron chi connectivity index (χ0n) is 10.2. The van der Waals surface area contributed by atoms with Crippen molar-refractivity contribution in [3.63, 3.8) is 0 Å². The monoisotopic (exact) mass is 314 g/mol. The van der Waals surface area contributed by atoms with E-state index in [1.54, 1.807) is 6.07 Å². The Kier molecular flexibility index (Phi) is 5.15. The maximum Gasteiger partial charge on any atom is 0.325 e. The molecule has 98 valence electrons. The first kappa shape index (κ1) is 14.5. The number of amides is 2. The van der Waals surface area contributed by atoms with Crippen LogP contribution in [0.5, 0.6) is 0 Å². The number of urea groups is 1. The molecule has 0 aliphatic heterocycles. The molecule has 1 aromatic carbocycles. The number of aliphatic carboxylic acids is 1. The average Bonchev–Trinajstić information content (AvgIpc) is 2.31. The summed E-state index contributed by atoms with van der Waals surface area (Å²) in [6.07, 6.45) is 0.767. The molecule has 0 spiro atoms. The molecule has 1 rings (SSSR count). The van der Waals surface area contributed by atoms with Gasteiger partial charge in [-0.25, -0.2) is 4.79 Å². The van der Waals surface area contributed by atoms with Crippen molar-refractivity contribution < 1.29 is 14.7 Å². The van der Waals surface area contributed by atoms with E-state index in [2.05, 4.69) is 26.6 Å². The van der Waals surface area contributed by atoms with Gasteiger partial charge < -0.3 is 15.7 Å². The lowest BCUT2D eigenvalue weighted by atomic mass is 10.1. The Hall–Kier alpha value is -1.56. The third-order valence-corrected chi connectivity index (χ3v) is 2.91. The van der Waals surface area contributed by atoms with Crippen LogP contribution < -0.4 is 10.6 Å². The minimum atomic E-state index is -1.07. The molecule has 0 aromatic heterocycles. The molecule has 1 atom stereocenters. The molecule has 0 unspecified atom stereocenters. The molecule has 0 fully saturated rings. The van der Waals surface area contributed by atoms with Crippen molar-refractivity contribution in [1.29, 1.82) is 0 Å². The van der Waals surface area contributed by atoms with Crippen LogP contribution in [0.15, 0.2) is 22.7 Å². The topological polar surface area (TPSA) is 78.4 Å². The lowest BCUT2D eigenvalue weighted by Crippen LogP contribution is -2.41. The van der Waals surface area contributed by atoms with Gasteiger partial charge in [0.2, 0.25) is 0 Å². The van der Waals surface area contributed by atoms with Gasteiger partial charge in [0, 0.05) is 10.2 Å². The van der Waals surface area contributed by atoms with Crippen molar-refractivity contribution >= 4 is 33.6 Å². The standard InChI is InChI=1S/C12H15BrN2O3/c1-3-8-6-9(13)4-5-10(8)15-12(18)14-7(2)11(16)17/h4-7H,3H2,1-2H3,(H,16,17)(H2,14,15,18)/t7-/m1/s1. The summed E-state index contributed by atoms with van der Waals surface area (Å²) in [6, 6.07) is 4.05. The summed E-state index contributed by atoms with van der Waals surface area (Å²) in [7, 11) is 0. The Morgan fingerprint density at radius 3 is 2.67 bits per heavy atom. The van der Waals surface area contributed by atoms with Crippen LogP contribution in [0, 0.1) is 0 Å². The number of anilines is 1. The number of hydrogen-bond donors (Lipinski definition) is 3. The van der Waals surface area contributed by atoms with Crippen molar-refractivity contribution in [3.8, 4) is 0 Å². The van der Waals surface area contributed by atoms with Crippen molar-refractivity contribution in [2.75, 3.05) is 5.32 Å². The van der Waals surface area contributed by atoms with Crippen molar-refractivity contribution in [3.05, 3.63) is 28.2 Å². The third kappa shape index (κ3) is 4.03. The van der Waals surface area contributed by atoms with Crippen molar-refractivity contribution in [2.45, 2.75) is 26.3 Å². The number of carbonyl (C=O) groups is 2. The van der Waals surface area contributed by atoms with Crippen LogP contribution >= 0.6 is 15.9 Å². The van der Waals surface area contributed by atoms with E-state index in [1.807, 2.05) is 19.1 Å². The molecule has 0 heterocycles. The summed E-state index contributed by atoms with van der Waals surface area (Å²) in [4.78, 5) is 22.2. The highest BCUT2D eigenvalue weighted by Gasteiger charge is 2.14. The number of rotatable bonds is 4. The smallest absolute Gasteiger partial charge is 0.325 e. The van der Waals surface area contributed by atoms with Gasteiger partial charge in [0.1, 0.15) is 6.04 Å². The maximum atomic E-state index is 11.6. The molecule has 0 aliphatic carbocycles. The molecular formula is C12H15BrN2O3. The molecule has 0 radical (unpaired) electrons. The highest BCUT2D eigenvalue weighted by molar-refractivity contribution is 9.10. The maximum absolute atomic E-state index is 11.6. The van der Waals surface area contributed by atoms with E-state index < -0.39 is 18.0 Å². The molecule has 0 aliphatic rings. The van der Waals surface area contributed by atoms with E-state index in [0.717, 1.165) is 16.5 Å². The summed E-state index contributed by atoms with van der Waals surface area (Å²) < 4.78 is 0.934. The highest BCUT2D eigenvalue weighted by Crippen LogP contribution is 2.21. The second-order valence-electron chi connectivity index (χ2n) is 3.81. The predicted octanol–water partition coefficient (Wildman–Crippen LogP) is 2.61. The fraction of sp³-hybridized carbons (Fsp3) is 0.333. The SMILES string of the molecule is CCc1cc(Br)ccc1NC(=O)N[C@H](C)C(=O)O. The van der Waals surface area contributed by atoms with Gasteiger partial charge in [-0.3, -0.25) is 4.79 Å². The lowest BCUT2D eigenvalue weighted by Gasteiger charge is -2.13. The molecule has 0 saturated heterocycles. The highest BCUT2D eigenvalue weighted by atomic mass is 79.9. The number of aryl methyl sites for hydroxylation is 1. The lowest BCUT2D eigenvalue weighted by molar-refractivity contribution is -0.138. The fourth-order valence-corrected chi connectivity index (χ4v) is 1.80.